The predicted octanol–water partition coefficient (Wildman–Crippen LogP) is 2.88. The van der Waals surface area contributed by atoms with E-state index >= 15 is 0 Å². The summed E-state index contributed by atoms with van der Waals surface area (Å²) in [4.78, 5) is 1.80. The number of halogens is 3. The van der Waals surface area contributed by atoms with Crippen LogP contribution in [0.3, 0.4) is 0 Å². The van der Waals surface area contributed by atoms with Crippen LogP contribution in [0.15, 0.2) is 24.3 Å². The third-order valence-electron chi connectivity index (χ3n) is 3.64. The zero-order valence-corrected chi connectivity index (χ0v) is 10.2. The largest absolute Gasteiger partial charge is 0.418 e. The maximum atomic E-state index is 13.0. The summed E-state index contributed by atoms with van der Waals surface area (Å²) in [5, 5.41) is 0. The van der Waals surface area contributed by atoms with Gasteiger partial charge in [-0.05, 0) is 24.5 Å². The molecule has 2 atom stereocenters. The van der Waals surface area contributed by atoms with Gasteiger partial charge in [-0.2, -0.15) is 13.2 Å². The van der Waals surface area contributed by atoms with E-state index in [0.29, 0.717) is 19.0 Å². The Labute approximate surface area is 105 Å². The Kier molecular flexibility index (Phi) is 3.52. The van der Waals surface area contributed by atoms with Crippen LogP contribution in [0.5, 0.6) is 0 Å². The lowest BCUT2D eigenvalue weighted by molar-refractivity contribution is -0.137. The Hall–Kier alpha value is -1.23. The van der Waals surface area contributed by atoms with Crippen LogP contribution in [0.25, 0.3) is 0 Å². The van der Waals surface area contributed by atoms with Crippen molar-refractivity contribution in [2.75, 3.05) is 18.0 Å². The molecule has 1 heterocycles. The van der Waals surface area contributed by atoms with Gasteiger partial charge in [-0.15, -0.1) is 0 Å². The van der Waals surface area contributed by atoms with Gasteiger partial charge in [0.1, 0.15) is 0 Å². The molecule has 1 aliphatic rings. The molecular formula is C13H17F3N2. The van der Waals surface area contributed by atoms with E-state index in [4.69, 9.17) is 5.73 Å². The van der Waals surface area contributed by atoms with Gasteiger partial charge in [0.15, 0.2) is 0 Å². The van der Waals surface area contributed by atoms with Gasteiger partial charge in [-0.3, -0.25) is 0 Å². The second-order valence-corrected chi connectivity index (χ2v) is 4.78. The highest BCUT2D eigenvalue weighted by molar-refractivity contribution is 5.56. The van der Waals surface area contributed by atoms with Crippen molar-refractivity contribution in [3.8, 4) is 0 Å². The van der Waals surface area contributed by atoms with Gasteiger partial charge < -0.3 is 10.6 Å². The van der Waals surface area contributed by atoms with Crippen LogP contribution in [0.4, 0.5) is 18.9 Å². The Bertz CT molecular complexity index is 417. The molecule has 1 aliphatic heterocycles. The molecule has 0 radical (unpaired) electrons. The van der Waals surface area contributed by atoms with E-state index in [1.807, 2.05) is 6.92 Å². The molecule has 1 aromatic rings. The summed E-state index contributed by atoms with van der Waals surface area (Å²) in [6.45, 7) is 3.05. The van der Waals surface area contributed by atoms with Crippen molar-refractivity contribution in [2.24, 2.45) is 11.7 Å². The van der Waals surface area contributed by atoms with Crippen LogP contribution >= 0.6 is 0 Å². The quantitative estimate of drug-likeness (QED) is 0.883. The minimum absolute atomic E-state index is 0.00602. The van der Waals surface area contributed by atoms with Crippen molar-refractivity contribution in [1.29, 1.82) is 0 Å². The minimum atomic E-state index is -4.32. The summed E-state index contributed by atoms with van der Waals surface area (Å²) >= 11 is 0. The van der Waals surface area contributed by atoms with Crippen molar-refractivity contribution >= 4 is 5.69 Å². The summed E-state index contributed by atoms with van der Waals surface area (Å²) in [5.74, 6) is 0.330. The average Bonchev–Trinajstić information content (AvgIpc) is 2.69. The smallest absolute Gasteiger partial charge is 0.367 e. The van der Waals surface area contributed by atoms with E-state index in [1.54, 1.807) is 11.0 Å². The molecule has 1 fully saturated rings. The highest BCUT2D eigenvalue weighted by Crippen LogP contribution is 2.39. The summed E-state index contributed by atoms with van der Waals surface area (Å²) in [6, 6.07) is 5.72. The molecule has 0 aromatic heterocycles. The zero-order valence-electron chi connectivity index (χ0n) is 10.2. The average molecular weight is 258 g/mol. The second kappa shape index (κ2) is 4.80. The van der Waals surface area contributed by atoms with E-state index in [-0.39, 0.29) is 11.7 Å². The fraction of sp³-hybridized carbons (Fsp3) is 0.538. The number of hydrogen-bond acceptors (Lipinski definition) is 2. The Morgan fingerprint density at radius 1 is 1.33 bits per heavy atom. The fourth-order valence-electron chi connectivity index (χ4n) is 2.63. The summed E-state index contributed by atoms with van der Waals surface area (Å²) in [6.07, 6.45) is -3.43. The maximum Gasteiger partial charge on any atom is 0.418 e. The molecule has 0 saturated carbocycles. The summed E-state index contributed by atoms with van der Waals surface area (Å²) < 4.78 is 38.9. The van der Waals surface area contributed by atoms with Crippen molar-refractivity contribution in [3.05, 3.63) is 29.8 Å². The maximum absolute atomic E-state index is 13.0. The molecule has 2 N–H and O–H groups in total. The number of nitrogens with zero attached hydrogens (tertiary/aromatic N) is 1. The van der Waals surface area contributed by atoms with Crippen LogP contribution in [-0.2, 0) is 6.18 Å². The molecule has 1 saturated heterocycles. The Morgan fingerprint density at radius 2 is 2.00 bits per heavy atom. The van der Waals surface area contributed by atoms with Crippen LogP contribution in [0.2, 0.25) is 0 Å². The number of anilines is 1. The van der Waals surface area contributed by atoms with Crippen molar-refractivity contribution in [2.45, 2.75) is 25.6 Å². The zero-order chi connectivity index (χ0) is 13.3. The third kappa shape index (κ3) is 2.32. The predicted molar refractivity (Wildman–Crippen MR) is 65.4 cm³/mol. The lowest BCUT2D eigenvalue weighted by Gasteiger charge is -2.30. The third-order valence-corrected chi connectivity index (χ3v) is 3.64. The summed E-state index contributed by atoms with van der Waals surface area (Å²) in [7, 11) is 0. The number of hydrogen-bond donors (Lipinski definition) is 1. The molecular weight excluding hydrogens is 241 g/mol. The molecule has 0 spiro atoms. The first-order valence-electron chi connectivity index (χ1n) is 6.08. The molecule has 1 aromatic carbocycles. The van der Waals surface area contributed by atoms with E-state index in [0.717, 1.165) is 12.5 Å². The van der Waals surface area contributed by atoms with Crippen molar-refractivity contribution < 1.29 is 13.2 Å². The second-order valence-electron chi connectivity index (χ2n) is 4.78. The van der Waals surface area contributed by atoms with E-state index in [2.05, 4.69) is 0 Å². The van der Waals surface area contributed by atoms with Crippen molar-refractivity contribution in [1.82, 2.24) is 0 Å². The normalized spacial score (nSPS) is 24.6. The first-order valence-corrected chi connectivity index (χ1v) is 6.08. The topological polar surface area (TPSA) is 29.3 Å². The first kappa shape index (κ1) is 13.2. The van der Waals surface area contributed by atoms with Crippen LogP contribution < -0.4 is 10.6 Å². The van der Waals surface area contributed by atoms with E-state index < -0.39 is 11.7 Å². The van der Waals surface area contributed by atoms with Crippen molar-refractivity contribution in [3.63, 3.8) is 0 Å². The number of para-hydroxylation sites is 1. The minimum Gasteiger partial charge on any atom is -0.367 e. The van der Waals surface area contributed by atoms with Gasteiger partial charge in [-0.25, -0.2) is 0 Å². The molecule has 0 aliphatic carbocycles. The molecule has 5 heteroatoms. The fourth-order valence-corrected chi connectivity index (χ4v) is 2.63. The number of nitrogens with two attached hydrogens (primary N) is 1. The molecule has 0 amide bonds. The first-order chi connectivity index (χ1) is 8.45. The molecule has 0 bridgehead atoms. The van der Waals surface area contributed by atoms with E-state index in [9.17, 15) is 13.2 Å². The SMILES string of the molecule is CC1CCN(c2ccccc2C(F)(F)F)C1CN. The van der Waals surface area contributed by atoms with Gasteiger partial charge >= 0.3 is 6.18 Å². The lowest BCUT2D eigenvalue weighted by atomic mass is 10.0. The molecule has 2 rings (SSSR count). The van der Waals surface area contributed by atoms with Crippen LogP contribution in [0.1, 0.15) is 18.9 Å². The van der Waals surface area contributed by atoms with Gasteiger partial charge in [0, 0.05) is 24.8 Å². The Morgan fingerprint density at radius 3 is 2.61 bits per heavy atom. The standard InChI is InChI=1S/C13H17F3N2/c1-9-6-7-18(12(9)8-17)11-5-3-2-4-10(11)13(14,15)16/h2-5,9,12H,6-8,17H2,1H3. The van der Waals surface area contributed by atoms with Crippen LogP contribution in [0, 0.1) is 5.92 Å². The lowest BCUT2D eigenvalue weighted by Crippen LogP contribution is -2.39. The number of alkyl halides is 3. The number of rotatable bonds is 2. The van der Waals surface area contributed by atoms with Gasteiger partial charge in [-0.1, -0.05) is 19.1 Å². The number of benzene rings is 1. The highest BCUT2D eigenvalue weighted by Gasteiger charge is 2.38. The van der Waals surface area contributed by atoms with Crippen LogP contribution in [-0.4, -0.2) is 19.1 Å². The summed E-state index contributed by atoms with van der Waals surface area (Å²) in [5.41, 5.74) is 5.37. The van der Waals surface area contributed by atoms with Gasteiger partial charge in [0.05, 0.1) is 5.56 Å². The van der Waals surface area contributed by atoms with Gasteiger partial charge in [0.2, 0.25) is 0 Å². The molecule has 100 valence electrons. The highest BCUT2D eigenvalue weighted by atomic mass is 19.4. The monoisotopic (exact) mass is 258 g/mol. The molecule has 18 heavy (non-hydrogen) atoms. The molecule has 2 nitrogen and oxygen atoms in total. The van der Waals surface area contributed by atoms with Gasteiger partial charge in [0.25, 0.3) is 0 Å². The van der Waals surface area contributed by atoms with E-state index in [1.165, 1.54) is 12.1 Å². The Balaban J connectivity index is 2.39. The molecule has 2 unspecified atom stereocenters.